The average Bonchev–Trinajstić information content (AvgIpc) is 2.42. The van der Waals surface area contributed by atoms with Gasteiger partial charge in [0.1, 0.15) is 0 Å². The molecule has 0 aromatic carbocycles. The fraction of sp³-hybridized carbons (Fsp3) is 0.812. The Morgan fingerprint density at radius 1 is 1.00 bits per heavy atom. The van der Waals surface area contributed by atoms with Crippen molar-refractivity contribution < 1.29 is 19.5 Å². The maximum absolute atomic E-state index is 11.8. The number of hydrogen-bond donors (Lipinski definition) is 3. The van der Waals surface area contributed by atoms with Crippen LogP contribution in [0.4, 0.5) is 0 Å². The molecule has 0 atom stereocenters. The maximum atomic E-state index is 11.8. The largest absolute Gasteiger partial charge is 0.481 e. The molecule has 1 fully saturated rings. The quantitative estimate of drug-likeness (QED) is 0.695. The fourth-order valence-corrected chi connectivity index (χ4v) is 2.75. The first-order valence-corrected chi connectivity index (χ1v) is 7.91. The summed E-state index contributed by atoms with van der Waals surface area (Å²) in [5.41, 5.74) is -0.973. The minimum absolute atomic E-state index is 0.107. The van der Waals surface area contributed by atoms with Gasteiger partial charge in [0.15, 0.2) is 0 Å². The van der Waals surface area contributed by atoms with Crippen LogP contribution in [-0.4, -0.2) is 36.0 Å². The van der Waals surface area contributed by atoms with Gasteiger partial charge < -0.3 is 15.7 Å². The zero-order valence-electron chi connectivity index (χ0n) is 13.8. The predicted molar refractivity (Wildman–Crippen MR) is 83.2 cm³/mol. The van der Waals surface area contributed by atoms with Crippen LogP contribution in [0.2, 0.25) is 0 Å². The van der Waals surface area contributed by atoms with Crippen LogP contribution in [-0.2, 0) is 14.4 Å². The van der Waals surface area contributed by atoms with Gasteiger partial charge in [-0.25, -0.2) is 0 Å². The average molecular weight is 312 g/mol. The van der Waals surface area contributed by atoms with Crippen molar-refractivity contribution >= 4 is 17.8 Å². The summed E-state index contributed by atoms with van der Waals surface area (Å²) < 4.78 is 0. The number of nitrogens with one attached hydrogen (secondary N) is 2. The SMILES string of the molecule is CC(C)(C)CC(=O)NCC(=O)NCC1(C(=O)O)CCCCC1. The molecule has 0 aliphatic heterocycles. The van der Waals surface area contributed by atoms with Crippen LogP contribution < -0.4 is 10.6 Å². The Morgan fingerprint density at radius 3 is 2.09 bits per heavy atom. The van der Waals surface area contributed by atoms with Gasteiger partial charge in [-0.15, -0.1) is 0 Å². The minimum Gasteiger partial charge on any atom is -0.481 e. The zero-order chi connectivity index (χ0) is 16.8. The lowest BCUT2D eigenvalue weighted by Gasteiger charge is -2.33. The molecule has 6 nitrogen and oxygen atoms in total. The molecule has 0 saturated heterocycles. The van der Waals surface area contributed by atoms with Crippen molar-refractivity contribution in [1.29, 1.82) is 0 Å². The summed E-state index contributed by atoms with van der Waals surface area (Å²) in [5.74, 6) is -1.36. The molecule has 2 amide bonds. The normalized spacial score (nSPS) is 17.6. The number of carbonyl (C=O) groups is 3. The van der Waals surface area contributed by atoms with E-state index >= 15 is 0 Å². The van der Waals surface area contributed by atoms with E-state index in [9.17, 15) is 19.5 Å². The van der Waals surface area contributed by atoms with E-state index in [0.717, 1.165) is 19.3 Å². The highest BCUT2D eigenvalue weighted by Gasteiger charge is 2.39. The molecule has 1 aliphatic carbocycles. The van der Waals surface area contributed by atoms with Crippen molar-refractivity contribution in [2.75, 3.05) is 13.1 Å². The van der Waals surface area contributed by atoms with Crippen LogP contribution in [0.25, 0.3) is 0 Å². The molecule has 0 aromatic heterocycles. The van der Waals surface area contributed by atoms with Crippen LogP contribution >= 0.6 is 0 Å². The van der Waals surface area contributed by atoms with Gasteiger partial charge in [0, 0.05) is 13.0 Å². The Hall–Kier alpha value is -1.59. The van der Waals surface area contributed by atoms with Crippen molar-refractivity contribution in [3.63, 3.8) is 0 Å². The Bertz CT molecular complexity index is 420. The smallest absolute Gasteiger partial charge is 0.311 e. The molecular formula is C16H28N2O4. The summed E-state index contributed by atoms with van der Waals surface area (Å²) in [6.45, 7) is 5.88. The highest BCUT2D eigenvalue weighted by Crippen LogP contribution is 2.35. The van der Waals surface area contributed by atoms with E-state index < -0.39 is 11.4 Å². The fourth-order valence-electron chi connectivity index (χ4n) is 2.75. The van der Waals surface area contributed by atoms with Crippen molar-refractivity contribution in [1.82, 2.24) is 10.6 Å². The van der Waals surface area contributed by atoms with Crippen molar-refractivity contribution in [3.05, 3.63) is 0 Å². The van der Waals surface area contributed by atoms with Crippen LogP contribution in [0.5, 0.6) is 0 Å². The Morgan fingerprint density at radius 2 is 1.59 bits per heavy atom. The van der Waals surface area contributed by atoms with Gasteiger partial charge in [-0.1, -0.05) is 40.0 Å². The summed E-state index contributed by atoms with van der Waals surface area (Å²) >= 11 is 0. The molecule has 0 unspecified atom stereocenters. The van der Waals surface area contributed by atoms with Crippen LogP contribution in [0.3, 0.4) is 0 Å². The van der Waals surface area contributed by atoms with E-state index in [-0.39, 0.29) is 30.3 Å². The molecule has 0 bridgehead atoms. The molecule has 1 aliphatic rings. The molecule has 0 aromatic rings. The van der Waals surface area contributed by atoms with E-state index in [1.54, 1.807) is 0 Å². The summed E-state index contributed by atoms with van der Waals surface area (Å²) in [5, 5.41) is 14.7. The molecular weight excluding hydrogens is 284 g/mol. The Kier molecular flexibility index (Phi) is 6.38. The molecule has 1 rings (SSSR count). The van der Waals surface area contributed by atoms with Crippen molar-refractivity contribution in [3.8, 4) is 0 Å². The van der Waals surface area contributed by atoms with E-state index in [0.29, 0.717) is 19.3 Å². The van der Waals surface area contributed by atoms with E-state index in [1.807, 2.05) is 20.8 Å². The lowest BCUT2D eigenvalue weighted by molar-refractivity contribution is -0.151. The highest BCUT2D eigenvalue weighted by atomic mass is 16.4. The Balaban J connectivity index is 2.38. The highest BCUT2D eigenvalue weighted by molar-refractivity contribution is 5.85. The van der Waals surface area contributed by atoms with E-state index in [4.69, 9.17) is 0 Å². The molecule has 22 heavy (non-hydrogen) atoms. The summed E-state index contributed by atoms with van der Waals surface area (Å²) in [6, 6.07) is 0. The van der Waals surface area contributed by atoms with Gasteiger partial charge in [0.2, 0.25) is 11.8 Å². The predicted octanol–water partition coefficient (Wildman–Crippen LogP) is 1.69. The summed E-state index contributed by atoms with van der Waals surface area (Å²) in [7, 11) is 0. The third-order valence-electron chi connectivity index (χ3n) is 4.03. The van der Waals surface area contributed by atoms with Gasteiger partial charge in [-0.3, -0.25) is 14.4 Å². The molecule has 0 spiro atoms. The molecule has 6 heteroatoms. The van der Waals surface area contributed by atoms with Crippen LogP contribution in [0.15, 0.2) is 0 Å². The molecule has 126 valence electrons. The van der Waals surface area contributed by atoms with Gasteiger partial charge >= 0.3 is 5.97 Å². The van der Waals surface area contributed by atoms with Gasteiger partial charge in [-0.2, -0.15) is 0 Å². The number of aliphatic carboxylic acids is 1. The first-order valence-electron chi connectivity index (χ1n) is 7.91. The lowest BCUT2D eigenvalue weighted by atomic mass is 9.74. The standard InChI is InChI=1S/C16H28N2O4/c1-15(2,3)9-12(19)17-10-13(20)18-11-16(14(21)22)7-5-4-6-8-16/h4-11H2,1-3H3,(H,17,19)(H,18,20)(H,21,22). The van der Waals surface area contributed by atoms with Crippen molar-refractivity contribution in [2.45, 2.75) is 59.3 Å². The van der Waals surface area contributed by atoms with Gasteiger partial charge in [-0.05, 0) is 18.3 Å². The molecule has 3 N–H and O–H groups in total. The number of carbonyl (C=O) groups excluding carboxylic acids is 2. The first kappa shape index (κ1) is 18.5. The maximum Gasteiger partial charge on any atom is 0.311 e. The number of amides is 2. The number of hydrogen-bond acceptors (Lipinski definition) is 3. The first-order chi connectivity index (χ1) is 10.1. The topological polar surface area (TPSA) is 95.5 Å². The second-order valence-electron chi connectivity index (χ2n) is 7.44. The van der Waals surface area contributed by atoms with Gasteiger partial charge in [0.05, 0.1) is 12.0 Å². The van der Waals surface area contributed by atoms with E-state index in [2.05, 4.69) is 10.6 Å². The van der Waals surface area contributed by atoms with Crippen LogP contribution in [0.1, 0.15) is 59.3 Å². The third kappa shape index (κ3) is 6.03. The second-order valence-corrected chi connectivity index (χ2v) is 7.44. The number of carboxylic acid groups (broad SMARTS) is 1. The molecule has 0 heterocycles. The molecule has 1 saturated carbocycles. The van der Waals surface area contributed by atoms with E-state index in [1.165, 1.54) is 0 Å². The summed E-state index contributed by atoms with van der Waals surface area (Å²) in [4.78, 5) is 34.9. The Labute approximate surface area is 132 Å². The minimum atomic E-state index is -0.844. The number of rotatable bonds is 6. The lowest BCUT2D eigenvalue weighted by Crippen LogP contribution is -2.47. The monoisotopic (exact) mass is 312 g/mol. The third-order valence-corrected chi connectivity index (χ3v) is 4.03. The molecule has 0 radical (unpaired) electrons. The summed E-state index contributed by atoms with van der Waals surface area (Å²) in [6.07, 6.45) is 4.35. The van der Waals surface area contributed by atoms with Crippen molar-refractivity contribution in [2.24, 2.45) is 10.8 Å². The zero-order valence-corrected chi connectivity index (χ0v) is 13.8. The number of carboxylic acids is 1. The van der Waals surface area contributed by atoms with Crippen LogP contribution in [0, 0.1) is 10.8 Å². The second kappa shape index (κ2) is 7.61. The van der Waals surface area contributed by atoms with Gasteiger partial charge in [0.25, 0.3) is 0 Å².